The fourth-order valence-electron chi connectivity index (χ4n) is 1.49. The minimum atomic E-state index is -1.06. The summed E-state index contributed by atoms with van der Waals surface area (Å²) in [5.41, 5.74) is 0.448. The van der Waals surface area contributed by atoms with Gasteiger partial charge in [-0.3, -0.25) is 0 Å². The van der Waals surface area contributed by atoms with Crippen molar-refractivity contribution in [3.8, 4) is 0 Å². The number of aryl methyl sites for hydroxylation is 1. The molecular weight excluding hydrogens is 272 g/mol. The second kappa shape index (κ2) is 5.36. The van der Waals surface area contributed by atoms with E-state index in [1.807, 2.05) is 0 Å². The van der Waals surface area contributed by atoms with E-state index in [-0.39, 0.29) is 10.5 Å². The second-order valence-electron chi connectivity index (χ2n) is 3.76. The molecule has 0 aliphatic heterocycles. The molecular formula is C13H9F2NO2S. The van der Waals surface area contributed by atoms with Crippen molar-refractivity contribution in [1.82, 2.24) is 4.98 Å². The molecule has 0 bridgehead atoms. The van der Waals surface area contributed by atoms with Crippen molar-refractivity contribution in [2.24, 2.45) is 0 Å². The van der Waals surface area contributed by atoms with Crippen molar-refractivity contribution in [2.75, 3.05) is 0 Å². The van der Waals surface area contributed by atoms with Gasteiger partial charge in [-0.05, 0) is 31.2 Å². The number of carboxylic acid groups (broad SMARTS) is 1. The van der Waals surface area contributed by atoms with Crippen molar-refractivity contribution < 1.29 is 18.7 Å². The van der Waals surface area contributed by atoms with Crippen LogP contribution in [0.4, 0.5) is 8.78 Å². The van der Waals surface area contributed by atoms with E-state index in [2.05, 4.69) is 4.98 Å². The predicted octanol–water partition coefficient (Wildman–Crippen LogP) is 3.52. The number of aromatic nitrogens is 1. The SMILES string of the molecule is Cc1nc(Sc2ccc(F)cc2F)ccc1C(=O)O. The predicted molar refractivity (Wildman–Crippen MR) is 66.4 cm³/mol. The Bertz CT molecular complexity index is 647. The van der Waals surface area contributed by atoms with Gasteiger partial charge in [0.1, 0.15) is 16.7 Å². The fraction of sp³-hybridized carbons (Fsp3) is 0.0769. The molecule has 0 radical (unpaired) electrons. The van der Waals surface area contributed by atoms with Crippen LogP contribution in [-0.2, 0) is 0 Å². The molecule has 0 aliphatic carbocycles. The van der Waals surface area contributed by atoms with Crippen LogP contribution in [0.3, 0.4) is 0 Å². The first-order valence-electron chi connectivity index (χ1n) is 5.31. The minimum Gasteiger partial charge on any atom is -0.478 e. The van der Waals surface area contributed by atoms with Gasteiger partial charge < -0.3 is 5.11 Å². The molecule has 0 saturated carbocycles. The topological polar surface area (TPSA) is 50.2 Å². The van der Waals surface area contributed by atoms with Gasteiger partial charge >= 0.3 is 5.97 Å². The number of nitrogens with zero attached hydrogens (tertiary/aromatic N) is 1. The number of carbonyl (C=O) groups is 1. The van der Waals surface area contributed by atoms with Crippen molar-refractivity contribution in [2.45, 2.75) is 16.8 Å². The van der Waals surface area contributed by atoms with Gasteiger partial charge in [-0.1, -0.05) is 11.8 Å². The number of halogens is 2. The zero-order chi connectivity index (χ0) is 14.0. The Morgan fingerprint density at radius 3 is 2.58 bits per heavy atom. The van der Waals surface area contributed by atoms with Crippen molar-refractivity contribution in [3.05, 3.63) is 53.2 Å². The number of hydrogen-bond acceptors (Lipinski definition) is 3. The van der Waals surface area contributed by atoms with Crippen LogP contribution in [0, 0.1) is 18.6 Å². The van der Waals surface area contributed by atoms with Crippen LogP contribution in [0.15, 0.2) is 40.3 Å². The summed E-state index contributed by atoms with van der Waals surface area (Å²) in [5, 5.41) is 9.32. The molecule has 0 unspecified atom stereocenters. The highest BCUT2D eigenvalue weighted by Crippen LogP contribution is 2.29. The van der Waals surface area contributed by atoms with Crippen LogP contribution in [0.2, 0.25) is 0 Å². The zero-order valence-electron chi connectivity index (χ0n) is 9.85. The maximum Gasteiger partial charge on any atom is 0.337 e. The van der Waals surface area contributed by atoms with Crippen LogP contribution in [0.1, 0.15) is 16.1 Å². The summed E-state index contributed by atoms with van der Waals surface area (Å²) in [6.45, 7) is 1.56. The van der Waals surface area contributed by atoms with E-state index in [1.165, 1.54) is 18.2 Å². The lowest BCUT2D eigenvalue weighted by Crippen LogP contribution is -2.01. The normalized spacial score (nSPS) is 10.5. The van der Waals surface area contributed by atoms with E-state index in [4.69, 9.17) is 5.11 Å². The first kappa shape index (κ1) is 13.5. The van der Waals surface area contributed by atoms with Crippen LogP contribution < -0.4 is 0 Å². The van der Waals surface area contributed by atoms with Crippen molar-refractivity contribution in [3.63, 3.8) is 0 Å². The van der Waals surface area contributed by atoms with Crippen LogP contribution >= 0.6 is 11.8 Å². The van der Waals surface area contributed by atoms with E-state index < -0.39 is 17.6 Å². The summed E-state index contributed by atoms with van der Waals surface area (Å²) < 4.78 is 26.2. The number of benzene rings is 1. The maximum atomic E-state index is 13.5. The molecule has 2 aromatic rings. The molecule has 1 aromatic heterocycles. The highest BCUT2D eigenvalue weighted by Gasteiger charge is 2.11. The third kappa shape index (κ3) is 3.08. The molecule has 0 saturated heterocycles. The minimum absolute atomic E-state index is 0.101. The molecule has 98 valence electrons. The van der Waals surface area contributed by atoms with E-state index in [1.54, 1.807) is 6.92 Å². The molecule has 19 heavy (non-hydrogen) atoms. The van der Waals surface area contributed by atoms with Crippen LogP contribution in [-0.4, -0.2) is 16.1 Å². The van der Waals surface area contributed by atoms with Gasteiger partial charge in [-0.15, -0.1) is 0 Å². The average Bonchev–Trinajstić information content (AvgIpc) is 2.32. The van der Waals surface area contributed by atoms with Gasteiger partial charge in [0.25, 0.3) is 0 Å². The van der Waals surface area contributed by atoms with Crippen LogP contribution in [0.25, 0.3) is 0 Å². The van der Waals surface area contributed by atoms with E-state index >= 15 is 0 Å². The third-order valence-corrected chi connectivity index (χ3v) is 3.39. The number of aromatic carboxylic acids is 1. The number of hydrogen-bond donors (Lipinski definition) is 1. The van der Waals surface area contributed by atoms with E-state index in [9.17, 15) is 13.6 Å². The molecule has 0 fully saturated rings. The van der Waals surface area contributed by atoms with Gasteiger partial charge in [0.05, 0.1) is 11.3 Å². The summed E-state index contributed by atoms with van der Waals surface area (Å²) in [6, 6.07) is 6.17. The summed E-state index contributed by atoms with van der Waals surface area (Å²) in [6.07, 6.45) is 0. The monoisotopic (exact) mass is 281 g/mol. The average molecular weight is 281 g/mol. The number of pyridine rings is 1. The number of carboxylic acids is 1. The molecule has 3 nitrogen and oxygen atoms in total. The Hall–Kier alpha value is -1.95. The molecule has 1 aromatic carbocycles. The summed E-state index contributed by atoms with van der Waals surface area (Å²) in [4.78, 5) is 15.1. The standard InChI is InChI=1S/C13H9F2NO2S/c1-7-9(13(17)18)3-5-12(16-7)19-11-4-2-8(14)6-10(11)15/h2-6H,1H3,(H,17,18). The van der Waals surface area contributed by atoms with Gasteiger partial charge in [0.15, 0.2) is 0 Å². The fourth-order valence-corrected chi connectivity index (χ4v) is 2.33. The first-order chi connectivity index (χ1) is 8.97. The molecule has 0 atom stereocenters. The van der Waals surface area contributed by atoms with Crippen molar-refractivity contribution >= 4 is 17.7 Å². The summed E-state index contributed by atoms with van der Waals surface area (Å²) >= 11 is 1.01. The summed E-state index contributed by atoms with van der Waals surface area (Å²) in [7, 11) is 0. The molecule has 0 spiro atoms. The highest BCUT2D eigenvalue weighted by atomic mass is 32.2. The lowest BCUT2D eigenvalue weighted by Gasteiger charge is -2.05. The quantitative estimate of drug-likeness (QED) is 0.935. The van der Waals surface area contributed by atoms with E-state index in [0.29, 0.717) is 10.7 Å². The molecule has 0 aliphatic rings. The molecule has 6 heteroatoms. The summed E-state index contributed by atoms with van der Waals surface area (Å²) in [5.74, 6) is -2.38. The lowest BCUT2D eigenvalue weighted by atomic mass is 10.2. The first-order valence-corrected chi connectivity index (χ1v) is 6.13. The highest BCUT2D eigenvalue weighted by molar-refractivity contribution is 7.99. The third-order valence-electron chi connectivity index (χ3n) is 2.40. The van der Waals surface area contributed by atoms with Gasteiger partial charge in [-0.25, -0.2) is 18.6 Å². The Kier molecular flexibility index (Phi) is 3.80. The lowest BCUT2D eigenvalue weighted by molar-refractivity contribution is 0.0695. The van der Waals surface area contributed by atoms with Gasteiger partial charge in [0.2, 0.25) is 0 Å². The molecule has 1 heterocycles. The smallest absolute Gasteiger partial charge is 0.337 e. The van der Waals surface area contributed by atoms with Crippen LogP contribution in [0.5, 0.6) is 0 Å². The zero-order valence-corrected chi connectivity index (χ0v) is 10.7. The number of rotatable bonds is 3. The maximum absolute atomic E-state index is 13.5. The Balaban J connectivity index is 2.29. The Labute approximate surface area is 112 Å². The molecule has 0 amide bonds. The van der Waals surface area contributed by atoms with E-state index in [0.717, 1.165) is 23.9 Å². The van der Waals surface area contributed by atoms with Gasteiger partial charge in [-0.2, -0.15) is 0 Å². The van der Waals surface area contributed by atoms with Gasteiger partial charge in [0, 0.05) is 11.0 Å². The Morgan fingerprint density at radius 1 is 1.26 bits per heavy atom. The largest absolute Gasteiger partial charge is 0.478 e. The Morgan fingerprint density at radius 2 is 2.00 bits per heavy atom. The molecule has 1 N–H and O–H groups in total. The van der Waals surface area contributed by atoms with Crippen molar-refractivity contribution in [1.29, 1.82) is 0 Å². The second-order valence-corrected chi connectivity index (χ2v) is 4.83. The molecule has 2 rings (SSSR count).